The molecule has 7 heteroatoms. The highest BCUT2D eigenvalue weighted by Gasteiger charge is 2.31. The summed E-state index contributed by atoms with van der Waals surface area (Å²) in [5, 5.41) is 0. The topological polar surface area (TPSA) is 88.3 Å². The van der Waals surface area contributed by atoms with E-state index in [1.807, 2.05) is 0 Å². The van der Waals surface area contributed by atoms with Gasteiger partial charge in [0.05, 0.1) is 11.4 Å². The van der Waals surface area contributed by atoms with Crippen LogP contribution in [-0.4, -0.2) is 36.8 Å². The third-order valence-electron chi connectivity index (χ3n) is 3.40. The summed E-state index contributed by atoms with van der Waals surface area (Å²) in [5.74, 6) is 0. The molecule has 1 aromatic heterocycles. The van der Waals surface area contributed by atoms with Crippen LogP contribution in [0.15, 0.2) is 18.3 Å². The molecule has 0 amide bonds. The quantitative estimate of drug-likeness (QED) is 0.858. The van der Waals surface area contributed by atoms with Crippen molar-refractivity contribution in [1.82, 2.24) is 9.29 Å². The Labute approximate surface area is 114 Å². The van der Waals surface area contributed by atoms with Gasteiger partial charge in [-0.05, 0) is 31.9 Å². The van der Waals surface area contributed by atoms with Crippen LogP contribution in [-0.2, 0) is 10.2 Å². The third kappa shape index (κ3) is 3.23. The average molecular weight is 284 g/mol. The van der Waals surface area contributed by atoms with Crippen molar-refractivity contribution in [2.24, 2.45) is 5.73 Å². The first kappa shape index (κ1) is 14.2. The van der Waals surface area contributed by atoms with Crippen LogP contribution in [0, 0.1) is 6.92 Å². The van der Waals surface area contributed by atoms with Gasteiger partial charge in [0.15, 0.2) is 0 Å². The number of hydrogen-bond donors (Lipinski definition) is 2. The number of rotatable bonds is 4. The molecule has 6 nitrogen and oxygen atoms in total. The molecule has 2 heterocycles. The highest BCUT2D eigenvalue weighted by Crippen LogP contribution is 2.22. The summed E-state index contributed by atoms with van der Waals surface area (Å²) in [6.45, 7) is 2.65. The molecule has 1 unspecified atom stereocenters. The van der Waals surface area contributed by atoms with E-state index in [4.69, 9.17) is 5.73 Å². The van der Waals surface area contributed by atoms with Gasteiger partial charge in [-0.25, -0.2) is 0 Å². The van der Waals surface area contributed by atoms with Gasteiger partial charge in [0.25, 0.3) is 0 Å². The normalized spacial score (nSPS) is 21.3. The van der Waals surface area contributed by atoms with Crippen LogP contribution in [0.25, 0.3) is 0 Å². The fraction of sp³-hybridized carbons (Fsp3) is 0.583. The minimum atomic E-state index is -3.56. The second-order valence-corrected chi connectivity index (χ2v) is 6.36. The van der Waals surface area contributed by atoms with Crippen molar-refractivity contribution in [2.45, 2.75) is 32.2 Å². The first-order chi connectivity index (χ1) is 9.04. The fourth-order valence-electron chi connectivity index (χ4n) is 2.32. The van der Waals surface area contributed by atoms with Crippen molar-refractivity contribution in [3.8, 4) is 0 Å². The second-order valence-electron chi connectivity index (χ2n) is 4.74. The molecule has 1 atom stereocenters. The highest BCUT2D eigenvalue weighted by molar-refractivity contribution is 7.90. The van der Waals surface area contributed by atoms with E-state index in [-0.39, 0.29) is 6.04 Å². The minimum Gasteiger partial charge on any atom is -0.329 e. The van der Waals surface area contributed by atoms with Crippen molar-refractivity contribution >= 4 is 15.9 Å². The molecular weight excluding hydrogens is 264 g/mol. The lowest BCUT2D eigenvalue weighted by atomic mass is 10.1. The van der Waals surface area contributed by atoms with Gasteiger partial charge in [-0.15, -0.1) is 0 Å². The molecular formula is C12H20N4O2S. The van der Waals surface area contributed by atoms with E-state index >= 15 is 0 Å². The largest absolute Gasteiger partial charge is 0.329 e. The summed E-state index contributed by atoms with van der Waals surface area (Å²) in [7, 11) is -3.56. The number of nitrogens with zero attached hydrogens (tertiary/aromatic N) is 2. The molecule has 1 fully saturated rings. The lowest BCUT2D eigenvalue weighted by molar-refractivity contribution is 0.259. The Bertz CT molecular complexity index is 532. The van der Waals surface area contributed by atoms with Gasteiger partial charge in [0, 0.05) is 25.3 Å². The van der Waals surface area contributed by atoms with E-state index in [0.29, 0.717) is 24.5 Å². The molecule has 0 spiro atoms. The van der Waals surface area contributed by atoms with Gasteiger partial charge in [-0.3, -0.25) is 9.71 Å². The Balaban J connectivity index is 2.20. The van der Waals surface area contributed by atoms with E-state index < -0.39 is 10.2 Å². The molecule has 19 heavy (non-hydrogen) atoms. The van der Waals surface area contributed by atoms with E-state index in [1.54, 1.807) is 25.3 Å². The predicted octanol–water partition coefficient (Wildman–Crippen LogP) is 0.860. The van der Waals surface area contributed by atoms with Crippen molar-refractivity contribution < 1.29 is 8.42 Å². The van der Waals surface area contributed by atoms with Crippen molar-refractivity contribution in [3.63, 3.8) is 0 Å². The zero-order chi connectivity index (χ0) is 13.9. The van der Waals surface area contributed by atoms with Gasteiger partial charge in [0.1, 0.15) is 0 Å². The van der Waals surface area contributed by atoms with E-state index in [1.165, 1.54) is 4.31 Å². The number of pyridine rings is 1. The van der Waals surface area contributed by atoms with Gasteiger partial charge in [0.2, 0.25) is 0 Å². The minimum absolute atomic E-state index is 0.108. The maximum absolute atomic E-state index is 12.4. The maximum atomic E-state index is 12.4. The summed E-state index contributed by atoms with van der Waals surface area (Å²) >= 11 is 0. The molecule has 1 aliphatic rings. The average Bonchev–Trinajstić information content (AvgIpc) is 2.41. The third-order valence-corrected chi connectivity index (χ3v) is 4.98. The summed E-state index contributed by atoms with van der Waals surface area (Å²) in [4.78, 5) is 4.08. The van der Waals surface area contributed by atoms with Gasteiger partial charge >= 0.3 is 10.2 Å². The Morgan fingerprint density at radius 1 is 1.53 bits per heavy atom. The lowest BCUT2D eigenvalue weighted by Gasteiger charge is -2.33. The lowest BCUT2D eigenvalue weighted by Crippen LogP contribution is -2.49. The predicted molar refractivity (Wildman–Crippen MR) is 74.9 cm³/mol. The molecule has 0 aromatic carbocycles. The first-order valence-electron chi connectivity index (χ1n) is 6.46. The Kier molecular flexibility index (Phi) is 4.38. The summed E-state index contributed by atoms with van der Waals surface area (Å²) < 4.78 is 28.9. The zero-order valence-corrected chi connectivity index (χ0v) is 11.9. The molecule has 0 aliphatic carbocycles. The second kappa shape index (κ2) is 5.85. The molecule has 3 N–H and O–H groups in total. The zero-order valence-electron chi connectivity index (χ0n) is 11.0. The van der Waals surface area contributed by atoms with Crippen LogP contribution in [0.5, 0.6) is 0 Å². The number of nitrogens with one attached hydrogen (secondary N) is 1. The Morgan fingerprint density at radius 2 is 2.32 bits per heavy atom. The summed E-state index contributed by atoms with van der Waals surface area (Å²) in [6.07, 6.45) is 4.36. The summed E-state index contributed by atoms with van der Waals surface area (Å²) in [6, 6.07) is 3.31. The number of piperidine rings is 1. The maximum Gasteiger partial charge on any atom is 0.301 e. The van der Waals surface area contributed by atoms with Crippen LogP contribution in [0.1, 0.15) is 25.0 Å². The SMILES string of the molecule is Cc1ncccc1NS(=O)(=O)N1CCCCC1CN. The molecule has 1 aliphatic heterocycles. The Morgan fingerprint density at radius 3 is 3.00 bits per heavy atom. The molecule has 106 valence electrons. The fourth-order valence-corrected chi connectivity index (χ4v) is 3.88. The van der Waals surface area contributed by atoms with E-state index in [2.05, 4.69) is 9.71 Å². The van der Waals surface area contributed by atoms with Gasteiger partial charge in [-0.2, -0.15) is 12.7 Å². The number of aryl methyl sites for hydroxylation is 1. The van der Waals surface area contributed by atoms with Crippen LogP contribution < -0.4 is 10.5 Å². The molecule has 0 bridgehead atoms. The number of hydrogen-bond acceptors (Lipinski definition) is 4. The number of anilines is 1. The smallest absolute Gasteiger partial charge is 0.301 e. The van der Waals surface area contributed by atoms with Crippen molar-refractivity contribution in [2.75, 3.05) is 17.8 Å². The van der Waals surface area contributed by atoms with Crippen LogP contribution in [0.2, 0.25) is 0 Å². The molecule has 1 saturated heterocycles. The Hall–Kier alpha value is -1.18. The van der Waals surface area contributed by atoms with Crippen molar-refractivity contribution in [1.29, 1.82) is 0 Å². The first-order valence-corrected chi connectivity index (χ1v) is 7.90. The van der Waals surface area contributed by atoms with Crippen LogP contribution >= 0.6 is 0 Å². The van der Waals surface area contributed by atoms with E-state index in [0.717, 1.165) is 19.3 Å². The monoisotopic (exact) mass is 284 g/mol. The van der Waals surface area contributed by atoms with Crippen molar-refractivity contribution in [3.05, 3.63) is 24.0 Å². The van der Waals surface area contributed by atoms with E-state index in [9.17, 15) is 8.42 Å². The van der Waals surface area contributed by atoms with Crippen LogP contribution in [0.4, 0.5) is 5.69 Å². The van der Waals surface area contributed by atoms with Gasteiger partial charge in [-0.1, -0.05) is 6.42 Å². The highest BCUT2D eigenvalue weighted by atomic mass is 32.2. The standard InChI is InChI=1S/C12H20N4O2S/c1-10-12(6-4-7-14-10)15-19(17,18)16-8-3-2-5-11(16)9-13/h4,6-7,11,15H,2-3,5,8-9,13H2,1H3. The number of aromatic nitrogens is 1. The van der Waals surface area contributed by atoms with Crippen LogP contribution in [0.3, 0.4) is 0 Å². The van der Waals surface area contributed by atoms with Gasteiger partial charge < -0.3 is 5.73 Å². The molecule has 1 aromatic rings. The molecule has 0 radical (unpaired) electrons. The number of nitrogens with two attached hydrogens (primary N) is 1. The molecule has 2 rings (SSSR count). The summed E-state index contributed by atoms with van der Waals surface area (Å²) in [5.41, 5.74) is 6.84. The molecule has 0 saturated carbocycles.